The Kier molecular flexibility index (Phi) is 6.51. The highest BCUT2D eigenvalue weighted by molar-refractivity contribution is 6.07. The highest BCUT2D eigenvalue weighted by Crippen LogP contribution is 2.29. The topological polar surface area (TPSA) is 147 Å². The van der Waals surface area contributed by atoms with Crippen molar-refractivity contribution in [3.63, 3.8) is 0 Å². The van der Waals surface area contributed by atoms with Crippen molar-refractivity contribution in [2.24, 2.45) is 5.73 Å². The van der Waals surface area contributed by atoms with Crippen LogP contribution in [0.3, 0.4) is 0 Å². The lowest BCUT2D eigenvalue weighted by Crippen LogP contribution is -2.47. The number of primary amides is 1. The number of pyridine rings is 1. The summed E-state index contributed by atoms with van der Waals surface area (Å²) in [6.07, 6.45) is 2.59. The van der Waals surface area contributed by atoms with Gasteiger partial charge in [-0.05, 0) is 45.7 Å². The van der Waals surface area contributed by atoms with E-state index >= 15 is 0 Å². The first-order valence-electron chi connectivity index (χ1n) is 11.4. The van der Waals surface area contributed by atoms with Crippen molar-refractivity contribution in [2.75, 3.05) is 18.4 Å². The number of nitriles is 1. The fourth-order valence-electron chi connectivity index (χ4n) is 4.06. The molecule has 0 spiro atoms. The first kappa shape index (κ1) is 23.9. The number of hydrogen-bond acceptors (Lipinski definition) is 8. The van der Waals surface area contributed by atoms with Crippen LogP contribution >= 0.6 is 0 Å². The van der Waals surface area contributed by atoms with Crippen LogP contribution in [0, 0.1) is 11.3 Å². The van der Waals surface area contributed by atoms with E-state index in [2.05, 4.69) is 21.4 Å². The number of nitrogens with zero attached hydrogens (tertiary/aromatic N) is 5. The minimum Gasteiger partial charge on any atom is -0.444 e. The Balaban J connectivity index is 1.71. The number of hydrogen-bond donors (Lipinski definition) is 2. The van der Waals surface area contributed by atoms with E-state index in [0.29, 0.717) is 46.8 Å². The number of carbonyl (C=O) groups excluding carboxylic acids is 2. The zero-order chi connectivity index (χ0) is 25.2. The summed E-state index contributed by atoms with van der Waals surface area (Å²) in [6, 6.07) is 10.6. The molecule has 0 aliphatic carbocycles. The number of ether oxygens (including phenoxy) is 1. The number of amides is 2. The molecule has 1 saturated heterocycles. The van der Waals surface area contributed by atoms with Gasteiger partial charge in [-0.15, -0.1) is 0 Å². The molecule has 0 bridgehead atoms. The summed E-state index contributed by atoms with van der Waals surface area (Å²) in [5, 5.41) is 12.9. The van der Waals surface area contributed by atoms with E-state index in [-0.39, 0.29) is 17.7 Å². The SMILES string of the molecule is CC(C)(C)OC(=O)N1CCC[C@H](Nc2ncnc3c(C(N)=O)cc(-c4ccccc4C#N)nc23)C1. The van der Waals surface area contributed by atoms with Gasteiger partial charge in [0.15, 0.2) is 5.82 Å². The Hall–Kier alpha value is -4.26. The third-order valence-electron chi connectivity index (χ3n) is 5.59. The number of nitrogens with two attached hydrogens (primary N) is 1. The van der Waals surface area contributed by atoms with Gasteiger partial charge in [0.05, 0.1) is 22.9 Å². The van der Waals surface area contributed by atoms with E-state index in [0.717, 1.165) is 12.8 Å². The zero-order valence-electron chi connectivity index (χ0n) is 19.9. The summed E-state index contributed by atoms with van der Waals surface area (Å²) in [6.45, 7) is 6.54. The van der Waals surface area contributed by atoms with Crippen LogP contribution in [0.5, 0.6) is 0 Å². The van der Waals surface area contributed by atoms with Crippen LogP contribution in [0.1, 0.15) is 49.5 Å². The molecule has 4 rings (SSSR count). The molecule has 0 radical (unpaired) electrons. The van der Waals surface area contributed by atoms with Crippen LogP contribution in [0.4, 0.5) is 10.6 Å². The predicted molar refractivity (Wildman–Crippen MR) is 130 cm³/mol. The van der Waals surface area contributed by atoms with Crippen molar-refractivity contribution < 1.29 is 14.3 Å². The Morgan fingerprint density at radius 1 is 1.23 bits per heavy atom. The van der Waals surface area contributed by atoms with Crippen molar-refractivity contribution >= 4 is 28.9 Å². The summed E-state index contributed by atoms with van der Waals surface area (Å²) in [5.74, 6) is -0.240. The second kappa shape index (κ2) is 9.54. The summed E-state index contributed by atoms with van der Waals surface area (Å²) >= 11 is 0. The summed E-state index contributed by atoms with van der Waals surface area (Å²) in [7, 11) is 0. The molecule has 3 N–H and O–H groups in total. The number of rotatable bonds is 4. The molecular formula is C25H27N7O3. The quantitative estimate of drug-likeness (QED) is 0.585. The molecule has 2 amide bonds. The first-order valence-corrected chi connectivity index (χ1v) is 11.4. The van der Waals surface area contributed by atoms with E-state index < -0.39 is 11.5 Å². The van der Waals surface area contributed by atoms with Crippen LogP contribution in [0.2, 0.25) is 0 Å². The molecule has 10 nitrogen and oxygen atoms in total. The van der Waals surface area contributed by atoms with Crippen LogP contribution in [0.15, 0.2) is 36.7 Å². The summed E-state index contributed by atoms with van der Waals surface area (Å²) < 4.78 is 5.52. The van der Waals surface area contributed by atoms with Crippen molar-refractivity contribution in [2.45, 2.75) is 45.3 Å². The van der Waals surface area contributed by atoms with Gasteiger partial charge >= 0.3 is 6.09 Å². The highest BCUT2D eigenvalue weighted by Gasteiger charge is 2.28. The van der Waals surface area contributed by atoms with Gasteiger partial charge in [-0.3, -0.25) is 4.79 Å². The lowest BCUT2D eigenvalue weighted by atomic mass is 10.0. The fourth-order valence-corrected chi connectivity index (χ4v) is 4.06. The third-order valence-corrected chi connectivity index (χ3v) is 5.59. The van der Waals surface area contributed by atoms with Crippen molar-refractivity contribution in [3.05, 3.63) is 47.8 Å². The Morgan fingerprint density at radius 2 is 2.00 bits per heavy atom. The van der Waals surface area contributed by atoms with Crippen LogP contribution < -0.4 is 11.1 Å². The number of anilines is 1. The molecule has 1 aliphatic heterocycles. The zero-order valence-corrected chi connectivity index (χ0v) is 19.9. The predicted octanol–water partition coefficient (Wildman–Crippen LogP) is 3.47. The molecule has 35 heavy (non-hydrogen) atoms. The van der Waals surface area contributed by atoms with Gasteiger partial charge < -0.3 is 20.7 Å². The molecule has 180 valence electrons. The maximum atomic E-state index is 12.6. The monoisotopic (exact) mass is 473 g/mol. The lowest BCUT2D eigenvalue weighted by molar-refractivity contribution is 0.0206. The Morgan fingerprint density at radius 3 is 2.71 bits per heavy atom. The highest BCUT2D eigenvalue weighted by atomic mass is 16.6. The fraction of sp³-hybridized carbons (Fsp3) is 0.360. The van der Waals surface area contributed by atoms with E-state index in [9.17, 15) is 14.9 Å². The number of fused-ring (bicyclic) bond motifs is 1. The van der Waals surface area contributed by atoms with Crippen molar-refractivity contribution in [1.82, 2.24) is 19.9 Å². The second-order valence-electron chi connectivity index (χ2n) is 9.41. The molecule has 3 heterocycles. The Labute approximate surface area is 203 Å². The van der Waals surface area contributed by atoms with E-state index in [4.69, 9.17) is 15.5 Å². The van der Waals surface area contributed by atoms with Gasteiger partial charge in [0, 0.05) is 24.7 Å². The molecule has 1 atom stereocenters. The molecule has 2 aromatic heterocycles. The molecule has 1 aromatic carbocycles. The number of carbonyl (C=O) groups is 2. The van der Waals surface area contributed by atoms with E-state index in [1.807, 2.05) is 20.8 Å². The van der Waals surface area contributed by atoms with Gasteiger partial charge in [-0.1, -0.05) is 18.2 Å². The minimum absolute atomic E-state index is 0.108. The average Bonchev–Trinajstić information content (AvgIpc) is 2.82. The minimum atomic E-state index is -0.661. The van der Waals surface area contributed by atoms with Gasteiger partial charge in [-0.2, -0.15) is 5.26 Å². The van der Waals surface area contributed by atoms with Crippen molar-refractivity contribution in [3.8, 4) is 17.3 Å². The number of likely N-dealkylation sites (tertiary alicyclic amines) is 1. The van der Waals surface area contributed by atoms with Crippen LogP contribution in [0.25, 0.3) is 22.3 Å². The second-order valence-corrected chi connectivity index (χ2v) is 9.41. The van der Waals surface area contributed by atoms with Gasteiger partial charge in [0.2, 0.25) is 0 Å². The molecule has 1 aliphatic rings. The van der Waals surface area contributed by atoms with Gasteiger partial charge in [0.1, 0.15) is 23.0 Å². The summed E-state index contributed by atoms with van der Waals surface area (Å²) in [5.41, 5.74) is 7.35. The molecule has 0 saturated carbocycles. The van der Waals surface area contributed by atoms with Crippen molar-refractivity contribution in [1.29, 1.82) is 5.26 Å². The Bertz CT molecular complexity index is 1330. The molecule has 1 fully saturated rings. The largest absolute Gasteiger partial charge is 0.444 e. The normalized spacial score (nSPS) is 15.9. The lowest BCUT2D eigenvalue weighted by Gasteiger charge is -2.34. The van der Waals surface area contributed by atoms with E-state index in [1.165, 1.54) is 6.33 Å². The third kappa shape index (κ3) is 5.30. The smallest absolute Gasteiger partial charge is 0.410 e. The standard InChI is InChI=1S/C25H27N7O3/c1-25(2,3)35-24(34)32-10-6-8-16(13-32)30-23-21-20(28-14-29-23)18(22(27)33)11-19(31-21)17-9-5-4-7-15(17)12-26/h4-5,7,9,11,14,16H,6,8,10,13H2,1-3H3,(H2,27,33)(H,28,29,30)/t16-/m0/s1. The molecule has 0 unspecified atom stereocenters. The molecular weight excluding hydrogens is 446 g/mol. The first-order chi connectivity index (χ1) is 16.7. The van der Waals surface area contributed by atoms with E-state index in [1.54, 1.807) is 35.2 Å². The van der Waals surface area contributed by atoms with Crippen LogP contribution in [-0.4, -0.2) is 56.6 Å². The van der Waals surface area contributed by atoms with Gasteiger partial charge in [-0.25, -0.2) is 19.7 Å². The number of aromatic nitrogens is 3. The molecule has 10 heteroatoms. The molecule has 3 aromatic rings. The summed E-state index contributed by atoms with van der Waals surface area (Å²) in [4.78, 5) is 39.9. The van der Waals surface area contributed by atoms with Gasteiger partial charge in [0.25, 0.3) is 5.91 Å². The number of nitrogens with one attached hydrogen (secondary N) is 1. The van der Waals surface area contributed by atoms with Crippen LogP contribution in [-0.2, 0) is 4.74 Å². The maximum absolute atomic E-state index is 12.6. The average molecular weight is 474 g/mol. The number of benzene rings is 1. The number of piperidine rings is 1. The maximum Gasteiger partial charge on any atom is 0.410 e.